The minimum absolute atomic E-state index is 0.0486. The number of amides is 1. The molecule has 7 atom stereocenters. The number of ether oxygens (including phenoxy) is 1. The second kappa shape index (κ2) is 13.4. The maximum absolute atomic E-state index is 14.0. The van der Waals surface area contributed by atoms with Crippen molar-refractivity contribution in [3.05, 3.63) is 76.3 Å². The molecule has 2 aromatic carbocycles. The predicted molar refractivity (Wildman–Crippen MR) is 204 cm³/mol. The molecule has 8 rings (SSSR count). The number of carbonyl (C=O) groups is 1. The summed E-state index contributed by atoms with van der Waals surface area (Å²) in [5.41, 5.74) is 2.77. The van der Waals surface area contributed by atoms with Gasteiger partial charge in [0, 0.05) is 66.4 Å². The van der Waals surface area contributed by atoms with E-state index in [1.807, 2.05) is 37.5 Å². The third kappa shape index (κ3) is 6.59. The Labute approximate surface area is 307 Å². The molecule has 3 aliphatic heterocycles. The number of aryl methyl sites for hydroxylation is 1. The minimum Gasteiger partial charge on any atom is -0.490 e. The quantitative estimate of drug-likeness (QED) is 0.319. The van der Waals surface area contributed by atoms with Crippen LogP contribution in [-0.2, 0) is 34.6 Å². The van der Waals surface area contributed by atoms with E-state index in [2.05, 4.69) is 49.0 Å². The molecule has 1 saturated carbocycles. The Kier molecular flexibility index (Phi) is 9.21. The van der Waals surface area contributed by atoms with Gasteiger partial charge in [-0.3, -0.25) is 14.4 Å². The van der Waals surface area contributed by atoms with Crippen LogP contribution >= 0.6 is 11.6 Å². The van der Waals surface area contributed by atoms with Crippen molar-refractivity contribution in [3.63, 3.8) is 0 Å². The Morgan fingerprint density at radius 3 is 2.80 bits per heavy atom. The van der Waals surface area contributed by atoms with E-state index in [1.54, 1.807) is 6.07 Å². The lowest BCUT2D eigenvalue weighted by Gasteiger charge is -2.51. The average Bonchev–Trinajstić information content (AvgIpc) is 3.49. The summed E-state index contributed by atoms with van der Waals surface area (Å²) >= 11 is 6.49. The van der Waals surface area contributed by atoms with Gasteiger partial charge in [0.2, 0.25) is 0 Å². The van der Waals surface area contributed by atoms with Crippen LogP contribution in [0.15, 0.2) is 48.8 Å². The van der Waals surface area contributed by atoms with Crippen LogP contribution < -0.4 is 14.4 Å². The summed E-state index contributed by atoms with van der Waals surface area (Å²) < 4.78 is 25.7. The van der Waals surface area contributed by atoms with Crippen LogP contribution in [0.2, 0.25) is 5.02 Å². The van der Waals surface area contributed by atoms with E-state index in [-0.39, 0.29) is 34.3 Å². The number of fused-ring (bicyclic) bond motifs is 5. The van der Waals surface area contributed by atoms with Gasteiger partial charge >= 0.3 is 0 Å². The van der Waals surface area contributed by atoms with Crippen LogP contribution in [0.25, 0.3) is 0 Å². The van der Waals surface area contributed by atoms with Crippen LogP contribution in [0.3, 0.4) is 0 Å². The monoisotopic (exact) mass is 733 g/mol. The number of carbonyl (C=O) groups excluding carboxylic acids is 1. The van der Waals surface area contributed by atoms with Gasteiger partial charge in [-0.15, -0.1) is 0 Å². The van der Waals surface area contributed by atoms with E-state index >= 15 is 0 Å². The highest BCUT2D eigenvalue weighted by atomic mass is 35.5. The van der Waals surface area contributed by atoms with E-state index in [0.29, 0.717) is 25.1 Å². The van der Waals surface area contributed by atoms with Crippen molar-refractivity contribution in [3.8, 4) is 5.75 Å². The van der Waals surface area contributed by atoms with Crippen LogP contribution in [0.4, 0.5) is 5.69 Å². The van der Waals surface area contributed by atoms with Gasteiger partial charge in [-0.25, -0.2) is 9.19 Å². The lowest BCUT2D eigenvalue weighted by atomic mass is 9.62. The summed E-state index contributed by atoms with van der Waals surface area (Å²) in [6.07, 6.45) is 11.2. The molecule has 1 amide bonds. The third-order valence-electron chi connectivity index (χ3n) is 13.1. The highest BCUT2D eigenvalue weighted by Gasteiger charge is 2.49. The van der Waals surface area contributed by atoms with Gasteiger partial charge in [-0.05, 0) is 117 Å². The first-order valence-corrected chi connectivity index (χ1v) is 21.0. The average molecular weight is 734 g/mol. The van der Waals surface area contributed by atoms with Crippen LogP contribution in [-0.4, -0.2) is 79.2 Å². The molecule has 5 aliphatic rings. The molecule has 274 valence electrons. The molecule has 2 N–H and O–H groups in total. The lowest BCUT2D eigenvalue weighted by molar-refractivity contribution is -0.108. The molecule has 1 unspecified atom stereocenters. The van der Waals surface area contributed by atoms with Crippen LogP contribution in [0.5, 0.6) is 5.75 Å². The first-order chi connectivity index (χ1) is 24.4. The lowest BCUT2D eigenvalue weighted by Crippen LogP contribution is -2.57. The van der Waals surface area contributed by atoms with Crippen molar-refractivity contribution < 1.29 is 18.8 Å². The first kappa shape index (κ1) is 35.0. The Morgan fingerprint density at radius 1 is 1.12 bits per heavy atom. The highest BCUT2D eigenvalue weighted by Crippen LogP contribution is 2.49. The zero-order valence-electron chi connectivity index (χ0n) is 30.0. The number of aliphatic hydroxyl groups is 1. The smallest absolute Gasteiger partial charge is 0.262 e. The summed E-state index contributed by atoms with van der Waals surface area (Å²) in [6, 6.07) is 11.9. The normalized spacial score (nSPS) is 34.3. The van der Waals surface area contributed by atoms with E-state index < -0.39 is 15.3 Å². The Balaban J connectivity index is 1.18. The largest absolute Gasteiger partial charge is 0.490 e. The second-order valence-corrected chi connectivity index (χ2v) is 19.2. The number of aromatic nitrogens is 2. The molecule has 11 heteroatoms. The van der Waals surface area contributed by atoms with Gasteiger partial charge in [-0.2, -0.15) is 0 Å². The van der Waals surface area contributed by atoms with Gasteiger partial charge in [0.15, 0.2) is 0 Å². The molecular weight excluding hydrogens is 682 g/mol. The molecule has 1 fully saturated rings. The van der Waals surface area contributed by atoms with Crippen molar-refractivity contribution in [2.24, 2.45) is 17.8 Å². The molecule has 2 aliphatic carbocycles. The first-order valence-electron chi connectivity index (χ1n) is 18.9. The van der Waals surface area contributed by atoms with Gasteiger partial charge in [0.25, 0.3) is 5.91 Å². The number of imidazole rings is 1. The molecule has 1 spiro atoms. The number of halogens is 1. The number of anilines is 1. The molecule has 2 bridgehead atoms. The molecule has 4 heterocycles. The second-order valence-electron chi connectivity index (χ2n) is 16.3. The number of benzene rings is 2. The summed E-state index contributed by atoms with van der Waals surface area (Å²) in [5, 5.41) is 13.3. The van der Waals surface area contributed by atoms with Crippen molar-refractivity contribution in [1.29, 1.82) is 0 Å². The molecule has 0 saturated heterocycles. The van der Waals surface area contributed by atoms with Gasteiger partial charge < -0.3 is 19.3 Å². The summed E-state index contributed by atoms with van der Waals surface area (Å²) in [5.74, 6) is 5.93. The van der Waals surface area contributed by atoms with E-state index in [4.69, 9.17) is 16.3 Å². The fourth-order valence-electron chi connectivity index (χ4n) is 9.81. The van der Waals surface area contributed by atoms with Gasteiger partial charge in [0.05, 0.1) is 34.1 Å². The minimum atomic E-state index is -2.95. The number of hydrogen-bond acceptors (Lipinski definition) is 7. The Hall–Kier alpha value is -3.05. The van der Waals surface area contributed by atoms with Crippen LogP contribution in [0.1, 0.15) is 86.1 Å². The summed E-state index contributed by atoms with van der Waals surface area (Å²) in [6.45, 7) is 9.12. The zero-order chi connectivity index (χ0) is 35.5. The highest BCUT2D eigenvalue weighted by molar-refractivity contribution is 7.99. The predicted octanol–water partition coefficient (Wildman–Crippen LogP) is 5.85. The maximum Gasteiger partial charge on any atom is 0.262 e. The zero-order valence-corrected chi connectivity index (χ0v) is 31.6. The number of nitrogens with one attached hydrogen (secondary N) is 1. The Bertz CT molecular complexity index is 1920. The molecular formula is C40H52ClN5O4S. The topological polar surface area (TPSA) is 99.9 Å². The molecule has 3 aromatic rings. The number of rotatable bonds is 2. The summed E-state index contributed by atoms with van der Waals surface area (Å²) in [4.78, 5) is 23.2. The fourth-order valence-corrected chi connectivity index (χ4v) is 11.5. The van der Waals surface area contributed by atoms with Gasteiger partial charge in [-0.1, -0.05) is 31.0 Å². The number of β-amino-alcohol motifs (C(OH)–C–C–N with tert-alkyl or cyclic N) is 1. The molecule has 9 nitrogen and oxygen atoms in total. The molecule has 1 aromatic heterocycles. The van der Waals surface area contributed by atoms with Crippen molar-refractivity contribution in [2.75, 3.05) is 37.7 Å². The van der Waals surface area contributed by atoms with E-state index in [1.165, 1.54) is 11.1 Å². The third-order valence-corrected chi connectivity index (χ3v) is 15.6. The number of hydrogen-bond donors (Lipinski definition) is 2. The van der Waals surface area contributed by atoms with Crippen molar-refractivity contribution in [2.45, 2.75) is 94.6 Å². The van der Waals surface area contributed by atoms with Crippen LogP contribution in [0, 0.1) is 17.8 Å². The maximum atomic E-state index is 14.0. The number of nitrogens with zero attached hydrogens (tertiary/aromatic N) is 4. The SMILES string of the molecule is C=S1(=O)NC(=O)c2ccc3c(c2)N(C[C@@H]2CC[C@H]2[C@](O)(CN2CCn4ccnc4C2)CCC[C@H](C)[C@H]1C)C[C@@]1(CCCc2cc(Cl)ccc21)CO3. The molecule has 51 heavy (non-hydrogen) atoms. The Morgan fingerprint density at radius 2 is 1.98 bits per heavy atom. The molecule has 0 radical (unpaired) electrons. The fraction of sp³-hybridized carbons (Fsp3) is 0.575. The summed E-state index contributed by atoms with van der Waals surface area (Å²) in [7, 11) is -2.95. The van der Waals surface area contributed by atoms with Gasteiger partial charge in [0.1, 0.15) is 11.6 Å². The standard InChI is InChI=1S/C40H52ClN5O4S/c1-27-6-4-15-40(48,25-44-18-19-45-17-16-42-37(45)23-44)34-11-8-31(34)22-46-24-39(14-5-7-29-20-32(41)10-12-33(29)39)26-50-36-13-9-30(21-35(36)46)38(47)43-51(3,49)28(27)2/h9-10,12-13,16-17,20-21,27-28,31,34,48H,3-8,11,14-15,18-19,22-26H2,1-2H3,(H,43,47,49)/t27-,28+,31-,34+,39-,40+,51?/m0/s1. The van der Waals surface area contributed by atoms with E-state index in [0.717, 1.165) is 100.0 Å². The van der Waals surface area contributed by atoms with Crippen molar-refractivity contribution >= 4 is 38.8 Å². The van der Waals surface area contributed by atoms with E-state index in [9.17, 15) is 14.1 Å². The van der Waals surface area contributed by atoms with Crippen molar-refractivity contribution in [1.82, 2.24) is 19.2 Å².